The highest BCUT2D eigenvalue weighted by Crippen LogP contribution is 2.20. The van der Waals surface area contributed by atoms with Crippen molar-refractivity contribution in [3.05, 3.63) is 35.9 Å². The molecule has 0 aliphatic heterocycles. The Balaban J connectivity index is 2.98. The van der Waals surface area contributed by atoms with E-state index in [0.717, 1.165) is 0 Å². The molecule has 0 spiro atoms. The molecule has 0 aromatic heterocycles. The number of nitrogens with two attached hydrogens (primary N) is 1. The predicted molar refractivity (Wildman–Crippen MR) is 59.4 cm³/mol. The molecule has 0 saturated carbocycles. The Bertz CT molecular complexity index is 384. The number of carbonyl (C=O) groups is 1. The average Bonchev–Trinajstić information content (AvgIpc) is 2.31. The Morgan fingerprint density at radius 3 is 2.62 bits per heavy atom. The molecule has 1 rings (SSSR count). The van der Waals surface area contributed by atoms with Crippen LogP contribution >= 0.6 is 0 Å². The summed E-state index contributed by atoms with van der Waals surface area (Å²) in [6.45, 7) is 2.00. The van der Waals surface area contributed by atoms with E-state index in [-0.39, 0.29) is 6.61 Å². The highest BCUT2D eigenvalue weighted by molar-refractivity contribution is 5.79. The Hall–Kier alpha value is -1.86. The van der Waals surface area contributed by atoms with Crippen molar-refractivity contribution in [2.24, 2.45) is 5.73 Å². The number of hydrogen-bond acceptors (Lipinski definition) is 4. The third kappa shape index (κ3) is 2.81. The van der Waals surface area contributed by atoms with Crippen LogP contribution in [-0.2, 0) is 9.53 Å². The minimum Gasteiger partial charge on any atom is -0.465 e. The first kappa shape index (κ1) is 12.2. The first-order valence-electron chi connectivity index (χ1n) is 5.07. The maximum Gasteiger partial charge on any atom is 0.316 e. The largest absolute Gasteiger partial charge is 0.465 e. The molecule has 1 aromatic carbocycles. The molecule has 0 fully saturated rings. The highest BCUT2D eigenvalue weighted by atomic mass is 16.5. The van der Waals surface area contributed by atoms with Gasteiger partial charge in [-0.3, -0.25) is 4.79 Å². The van der Waals surface area contributed by atoms with Gasteiger partial charge in [-0.15, -0.1) is 0 Å². The van der Waals surface area contributed by atoms with Crippen molar-refractivity contribution in [1.29, 1.82) is 5.26 Å². The summed E-state index contributed by atoms with van der Waals surface area (Å²) in [6, 6.07) is 9.95. The lowest BCUT2D eigenvalue weighted by atomic mass is 9.93. The zero-order chi connectivity index (χ0) is 12.0. The van der Waals surface area contributed by atoms with Crippen molar-refractivity contribution < 1.29 is 9.53 Å². The molecule has 0 saturated heterocycles. The molecule has 4 heteroatoms. The van der Waals surface area contributed by atoms with Crippen molar-refractivity contribution in [1.82, 2.24) is 0 Å². The second-order valence-corrected chi connectivity index (χ2v) is 3.30. The molecule has 0 radical (unpaired) electrons. The molecule has 0 heterocycles. The van der Waals surface area contributed by atoms with E-state index >= 15 is 0 Å². The molecule has 0 amide bonds. The van der Waals surface area contributed by atoms with Crippen LogP contribution < -0.4 is 5.73 Å². The molecule has 4 nitrogen and oxygen atoms in total. The first-order valence-corrected chi connectivity index (χ1v) is 5.07. The van der Waals surface area contributed by atoms with Gasteiger partial charge in [0.25, 0.3) is 0 Å². The van der Waals surface area contributed by atoms with Crippen LogP contribution in [0.1, 0.15) is 18.4 Å². The number of nitrogens with zero attached hydrogens (tertiary/aromatic N) is 1. The van der Waals surface area contributed by atoms with Crippen molar-refractivity contribution in [3.63, 3.8) is 0 Å². The standard InChI is InChI=1S/C12H14N2O2/c1-2-16-12(15)11(10(14)8-13)9-6-4-3-5-7-9/h3-7,10-11H,2,14H2,1H3. The zero-order valence-electron chi connectivity index (χ0n) is 9.09. The average molecular weight is 218 g/mol. The van der Waals surface area contributed by atoms with Crippen LogP contribution in [0.15, 0.2) is 30.3 Å². The number of ether oxygens (including phenoxy) is 1. The van der Waals surface area contributed by atoms with Gasteiger partial charge < -0.3 is 10.5 Å². The van der Waals surface area contributed by atoms with E-state index in [1.165, 1.54) is 0 Å². The van der Waals surface area contributed by atoms with Crippen molar-refractivity contribution in [2.75, 3.05) is 6.61 Å². The van der Waals surface area contributed by atoms with Gasteiger partial charge in [0.15, 0.2) is 0 Å². The second kappa shape index (κ2) is 5.89. The minimum absolute atomic E-state index is 0.278. The van der Waals surface area contributed by atoms with Crippen LogP contribution in [0.4, 0.5) is 0 Å². The van der Waals surface area contributed by atoms with Gasteiger partial charge in [0.05, 0.1) is 12.7 Å². The second-order valence-electron chi connectivity index (χ2n) is 3.30. The van der Waals surface area contributed by atoms with Gasteiger partial charge in [-0.2, -0.15) is 5.26 Å². The predicted octanol–water partition coefficient (Wildman–Crippen LogP) is 1.18. The van der Waals surface area contributed by atoms with Crippen LogP contribution in [-0.4, -0.2) is 18.6 Å². The van der Waals surface area contributed by atoms with E-state index in [9.17, 15) is 4.79 Å². The Morgan fingerprint density at radius 1 is 1.50 bits per heavy atom. The van der Waals surface area contributed by atoms with Gasteiger partial charge in [0.2, 0.25) is 0 Å². The number of esters is 1. The summed E-state index contributed by atoms with van der Waals surface area (Å²) in [6.07, 6.45) is 0. The lowest BCUT2D eigenvalue weighted by Gasteiger charge is -2.17. The lowest BCUT2D eigenvalue weighted by Crippen LogP contribution is -2.33. The van der Waals surface area contributed by atoms with Gasteiger partial charge in [-0.1, -0.05) is 30.3 Å². The molecule has 2 unspecified atom stereocenters. The number of nitriles is 1. The summed E-state index contributed by atoms with van der Waals surface area (Å²) < 4.78 is 4.91. The summed E-state index contributed by atoms with van der Waals surface area (Å²) in [7, 11) is 0. The molecule has 0 aliphatic rings. The highest BCUT2D eigenvalue weighted by Gasteiger charge is 2.28. The summed E-state index contributed by atoms with van der Waals surface area (Å²) in [5, 5.41) is 8.80. The summed E-state index contributed by atoms with van der Waals surface area (Å²) >= 11 is 0. The van der Waals surface area contributed by atoms with E-state index < -0.39 is 17.9 Å². The van der Waals surface area contributed by atoms with E-state index in [1.54, 1.807) is 31.2 Å². The van der Waals surface area contributed by atoms with Crippen molar-refractivity contribution in [3.8, 4) is 6.07 Å². The van der Waals surface area contributed by atoms with Crippen LogP contribution in [0.25, 0.3) is 0 Å². The third-order valence-electron chi connectivity index (χ3n) is 2.21. The topological polar surface area (TPSA) is 76.1 Å². The molecule has 2 atom stereocenters. The van der Waals surface area contributed by atoms with Gasteiger partial charge in [-0.25, -0.2) is 0 Å². The monoisotopic (exact) mass is 218 g/mol. The van der Waals surface area contributed by atoms with Gasteiger partial charge in [0.1, 0.15) is 12.0 Å². The van der Waals surface area contributed by atoms with Crippen LogP contribution in [0.5, 0.6) is 0 Å². The smallest absolute Gasteiger partial charge is 0.316 e. The SMILES string of the molecule is CCOC(=O)C(c1ccccc1)C(N)C#N. The van der Waals surface area contributed by atoms with Crippen LogP contribution in [0.2, 0.25) is 0 Å². The summed E-state index contributed by atoms with van der Waals surface area (Å²) in [5.41, 5.74) is 6.32. The van der Waals surface area contributed by atoms with E-state index in [0.29, 0.717) is 5.56 Å². The van der Waals surface area contributed by atoms with Crippen molar-refractivity contribution >= 4 is 5.97 Å². The fourth-order valence-corrected chi connectivity index (χ4v) is 1.46. The third-order valence-corrected chi connectivity index (χ3v) is 2.21. The normalized spacial score (nSPS) is 13.6. The van der Waals surface area contributed by atoms with Crippen LogP contribution in [0, 0.1) is 11.3 Å². The number of rotatable bonds is 4. The Labute approximate surface area is 94.6 Å². The summed E-state index contributed by atoms with van der Waals surface area (Å²) in [5.74, 6) is -1.17. The van der Waals surface area contributed by atoms with E-state index in [4.69, 9.17) is 15.7 Å². The first-order chi connectivity index (χ1) is 7.70. The fraction of sp³-hybridized carbons (Fsp3) is 0.333. The molecular formula is C12H14N2O2. The summed E-state index contributed by atoms with van der Waals surface area (Å²) in [4.78, 5) is 11.7. The molecule has 16 heavy (non-hydrogen) atoms. The molecular weight excluding hydrogens is 204 g/mol. The Kier molecular flexibility index (Phi) is 4.49. The fourth-order valence-electron chi connectivity index (χ4n) is 1.46. The molecule has 0 aliphatic carbocycles. The quantitative estimate of drug-likeness (QED) is 0.770. The number of benzene rings is 1. The molecule has 1 aromatic rings. The molecule has 84 valence electrons. The minimum atomic E-state index is -0.888. The van der Waals surface area contributed by atoms with Gasteiger partial charge in [0, 0.05) is 0 Å². The zero-order valence-corrected chi connectivity index (χ0v) is 9.09. The lowest BCUT2D eigenvalue weighted by molar-refractivity contribution is -0.145. The number of carbonyl (C=O) groups excluding carboxylic acids is 1. The van der Waals surface area contributed by atoms with Crippen molar-refractivity contribution in [2.45, 2.75) is 18.9 Å². The van der Waals surface area contributed by atoms with E-state index in [1.807, 2.05) is 12.1 Å². The molecule has 0 bridgehead atoms. The number of hydrogen-bond donors (Lipinski definition) is 1. The maximum absolute atomic E-state index is 11.7. The van der Waals surface area contributed by atoms with Gasteiger partial charge >= 0.3 is 5.97 Å². The van der Waals surface area contributed by atoms with Gasteiger partial charge in [-0.05, 0) is 12.5 Å². The maximum atomic E-state index is 11.7. The van der Waals surface area contributed by atoms with Crippen LogP contribution in [0.3, 0.4) is 0 Å². The molecule has 2 N–H and O–H groups in total. The Morgan fingerprint density at radius 2 is 2.12 bits per heavy atom. The van der Waals surface area contributed by atoms with E-state index in [2.05, 4.69) is 0 Å².